The Morgan fingerprint density at radius 1 is 1.50 bits per heavy atom. The van der Waals surface area contributed by atoms with Crippen molar-refractivity contribution < 1.29 is 14.2 Å². The molecule has 1 saturated heterocycles. The van der Waals surface area contributed by atoms with E-state index in [0.29, 0.717) is 18.6 Å². The SMILES string of the molecule is CC1(C(O)Cc2cccc(F)c2Cl)CCCCO1. The van der Waals surface area contributed by atoms with Gasteiger partial charge in [-0.25, -0.2) is 4.39 Å². The first kappa shape index (κ1) is 13.8. The van der Waals surface area contributed by atoms with E-state index >= 15 is 0 Å². The van der Waals surface area contributed by atoms with Crippen LogP contribution in [0, 0.1) is 5.82 Å². The zero-order chi connectivity index (χ0) is 13.2. The van der Waals surface area contributed by atoms with Crippen molar-refractivity contribution in [1.29, 1.82) is 0 Å². The Bertz CT molecular complexity index is 416. The van der Waals surface area contributed by atoms with Gasteiger partial charge in [-0.1, -0.05) is 23.7 Å². The number of rotatable bonds is 3. The predicted octanol–water partition coefficient (Wildman–Crippen LogP) is 3.34. The van der Waals surface area contributed by atoms with Crippen LogP contribution in [0.15, 0.2) is 18.2 Å². The molecule has 2 atom stereocenters. The minimum absolute atomic E-state index is 0.0935. The summed E-state index contributed by atoms with van der Waals surface area (Å²) in [6.45, 7) is 2.58. The van der Waals surface area contributed by atoms with Crippen LogP contribution in [0.2, 0.25) is 5.02 Å². The van der Waals surface area contributed by atoms with Crippen molar-refractivity contribution >= 4 is 11.6 Å². The third kappa shape index (κ3) is 2.85. The predicted molar refractivity (Wildman–Crippen MR) is 69.3 cm³/mol. The quantitative estimate of drug-likeness (QED) is 0.914. The number of aliphatic hydroxyl groups is 1. The third-order valence-electron chi connectivity index (χ3n) is 3.65. The van der Waals surface area contributed by atoms with E-state index < -0.39 is 17.5 Å². The van der Waals surface area contributed by atoms with Crippen molar-refractivity contribution in [3.8, 4) is 0 Å². The standard InChI is InChI=1S/C14H18ClFO2/c1-14(7-2-3-8-18-14)12(17)9-10-5-4-6-11(16)13(10)15/h4-6,12,17H,2-3,7-9H2,1H3. The minimum Gasteiger partial charge on any atom is -0.390 e. The first-order valence-electron chi connectivity index (χ1n) is 6.28. The maximum atomic E-state index is 13.3. The Kier molecular flexibility index (Phi) is 4.25. The van der Waals surface area contributed by atoms with Crippen molar-refractivity contribution in [3.63, 3.8) is 0 Å². The lowest BCUT2D eigenvalue weighted by molar-refractivity contribution is -0.135. The van der Waals surface area contributed by atoms with Gasteiger partial charge in [0.2, 0.25) is 0 Å². The van der Waals surface area contributed by atoms with Gasteiger partial charge < -0.3 is 9.84 Å². The highest BCUT2D eigenvalue weighted by Crippen LogP contribution is 2.31. The summed E-state index contributed by atoms with van der Waals surface area (Å²) in [5, 5.41) is 10.4. The van der Waals surface area contributed by atoms with E-state index in [1.54, 1.807) is 12.1 Å². The number of ether oxygens (including phenoxy) is 1. The normalized spacial score (nSPS) is 26.0. The minimum atomic E-state index is -0.669. The lowest BCUT2D eigenvalue weighted by Gasteiger charge is -2.38. The smallest absolute Gasteiger partial charge is 0.142 e. The molecule has 0 amide bonds. The van der Waals surface area contributed by atoms with E-state index in [0.717, 1.165) is 19.3 Å². The molecular formula is C14H18ClFO2. The van der Waals surface area contributed by atoms with Crippen molar-refractivity contribution in [2.24, 2.45) is 0 Å². The molecule has 1 aliphatic heterocycles. The molecule has 1 N–H and O–H groups in total. The van der Waals surface area contributed by atoms with E-state index in [1.807, 2.05) is 6.92 Å². The lowest BCUT2D eigenvalue weighted by atomic mass is 9.87. The maximum absolute atomic E-state index is 13.3. The summed E-state index contributed by atoms with van der Waals surface area (Å²) in [5.74, 6) is -0.448. The number of hydrogen-bond acceptors (Lipinski definition) is 2. The van der Waals surface area contributed by atoms with Gasteiger partial charge in [0, 0.05) is 13.0 Å². The molecule has 4 heteroatoms. The molecule has 1 aliphatic rings. The second-order valence-corrected chi connectivity index (χ2v) is 5.43. The molecule has 1 aromatic carbocycles. The summed E-state index contributed by atoms with van der Waals surface area (Å²) in [4.78, 5) is 0. The summed E-state index contributed by atoms with van der Waals surface area (Å²) in [7, 11) is 0. The number of aliphatic hydroxyl groups excluding tert-OH is 1. The Morgan fingerprint density at radius 3 is 2.94 bits per heavy atom. The summed E-state index contributed by atoms with van der Waals surface area (Å²) >= 11 is 5.89. The van der Waals surface area contributed by atoms with Gasteiger partial charge in [0.05, 0.1) is 16.7 Å². The molecule has 0 radical (unpaired) electrons. The summed E-state index contributed by atoms with van der Waals surface area (Å²) in [6.07, 6.45) is 2.54. The fourth-order valence-corrected chi connectivity index (χ4v) is 2.55. The Balaban J connectivity index is 2.10. The van der Waals surface area contributed by atoms with Crippen LogP contribution in [0.1, 0.15) is 31.7 Å². The molecule has 0 aromatic heterocycles. The molecule has 1 heterocycles. The zero-order valence-corrected chi connectivity index (χ0v) is 11.2. The molecule has 1 aromatic rings. The summed E-state index contributed by atoms with van der Waals surface area (Å²) in [5.41, 5.74) is 0.0769. The van der Waals surface area contributed by atoms with Crippen LogP contribution >= 0.6 is 11.6 Å². The van der Waals surface area contributed by atoms with Gasteiger partial charge in [-0.05, 0) is 37.8 Å². The monoisotopic (exact) mass is 272 g/mol. The molecule has 2 nitrogen and oxygen atoms in total. The summed E-state index contributed by atoms with van der Waals surface area (Å²) in [6, 6.07) is 4.66. The molecule has 100 valence electrons. The van der Waals surface area contributed by atoms with E-state index in [4.69, 9.17) is 16.3 Å². The van der Waals surface area contributed by atoms with Gasteiger partial charge in [0.25, 0.3) is 0 Å². The van der Waals surface area contributed by atoms with Crippen LogP contribution in [0.3, 0.4) is 0 Å². The number of benzene rings is 1. The maximum Gasteiger partial charge on any atom is 0.142 e. The molecule has 2 rings (SSSR count). The lowest BCUT2D eigenvalue weighted by Crippen LogP contribution is -2.45. The van der Waals surface area contributed by atoms with Crippen molar-refractivity contribution in [2.45, 2.75) is 44.3 Å². The van der Waals surface area contributed by atoms with Gasteiger partial charge in [0.1, 0.15) is 5.82 Å². The van der Waals surface area contributed by atoms with Gasteiger partial charge in [0.15, 0.2) is 0 Å². The largest absolute Gasteiger partial charge is 0.390 e. The van der Waals surface area contributed by atoms with Crippen molar-refractivity contribution in [3.05, 3.63) is 34.6 Å². The van der Waals surface area contributed by atoms with E-state index in [2.05, 4.69) is 0 Å². The van der Waals surface area contributed by atoms with Crippen LogP contribution in [-0.2, 0) is 11.2 Å². The topological polar surface area (TPSA) is 29.5 Å². The second kappa shape index (κ2) is 5.55. The van der Waals surface area contributed by atoms with Crippen LogP contribution in [0.25, 0.3) is 0 Å². The van der Waals surface area contributed by atoms with Crippen LogP contribution in [0.4, 0.5) is 4.39 Å². The number of halogens is 2. The van der Waals surface area contributed by atoms with Crippen LogP contribution < -0.4 is 0 Å². The first-order chi connectivity index (χ1) is 8.53. The third-order valence-corrected chi connectivity index (χ3v) is 4.07. The fraction of sp³-hybridized carbons (Fsp3) is 0.571. The van der Waals surface area contributed by atoms with Gasteiger partial charge in [-0.15, -0.1) is 0 Å². The highest BCUT2D eigenvalue weighted by molar-refractivity contribution is 6.31. The van der Waals surface area contributed by atoms with Crippen molar-refractivity contribution in [1.82, 2.24) is 0 Å². The second-order valence-electron chi connectivity index (χ2n) is 5.05. The average Bonchev–Trinajstić information content (AvgIpc) is 2.36. The first-order valence-corrected chi connectivity index (χ1v) is 6.65. The van der Waals surface area contributed by atoms with Crippen LogP contribution in [0.5, 0.6) is 0 Å². The molecule has 0 saturated carbocycles. The Labute approximate surface area is 112 Å². The highest BCUT2D eigenvalue weighted by Gasteiger charge is 2.36. The molecule has 0 spiro atoms. The average molecular weight is 273 g/mol. The Hall–Kier alpha value is -0.640. The van der Waals surface area contributed by atoms with Gasteiger partial charge in [-0.3, -0.25) is 0 Å². The van der Waals surface area contributed by atoms with Crippen LogP contribution in [-0.4, -0.2) is 23.4 Å². The molecule has 2 unspecified atom stereocenters. The number of hydrogen-bond donors (Lipinski definition) is 1. The van der Waals surface area contributed by atoms with Gasteiger partial charge in [-0.2, -0.15) is 0 Å². The highest BCUT2D eigenvalue weighted by atomic mass is 35.5. The van der Waals surface area contributed by atoms with E-state index in [9.17, 15) is 9.50 Å². The molecule has 0 bridgehead atoms. The fourth-order valence-electron chi connectivity index (χ4n) is 2.35. The molecule has 18 heavy (non-hydrogen) atoms. The van der Waals surface area contributed by atoms with E-state index in [1.165, 1.54) is 6.07 Å². The molecular weight excluding hydrogens is 255 g/mol. The van der Waals surface area contributed by atoms with E-state index in [-0.39, 0.29) is 5.02 Å². The van der Waals surface area contributed by atoms with Crippen molar-refractivity contribution in [2.75, 3.05) is 6.61 Å². The Morgan fingerprint density at radius 2 is 2.28 bits per heavy atom. The molecule has 1 fully saturated rings. The zero-order valence-electron chi connectivity index (χ0n) is 10.5. The summed E-state index contributed by atoms with van der Waals surface area (Å²) < 4.78 is 19.0. The molecule has 0 aliphatic carbocycles. The van der Waals surface area contributed by atoms with Gasteiger partial charge >= 0.3 is 0 Å².